The van der Waals surface area contributed by atoms with E-state index < -0.39 is 27.3 Å². The highest BCUT2D eigenvalue weighted by atomic mass is 32.2. The molecule has 3 aromatic rings. The zero-order chi connectivity index (χ0) is 42.2. The van der Waals surface area contributed by atoms with Crippen LogP contribution in [-0.4, -0.2) is 114 Å². The van der Waals surface area contributed by atoms with Crippen molar-refractivity contribution in [2.75, 3.05) is 65.9 Å². The maximum Gasteiger partial charge on any atom is 0.329 e. The van der Waals surface area contributed by atoms with Crippen molar-refractivity contribution >= 4 is 33.6 Å². The minimum Gasteiger partial charge on any atom is -0.480 e. The van der Waals surface area contributed by atoms with Crippen molar-refractivity contribution < 1.29 is 61.1 Å². The van der Waals surface area contributed by atoms with Gasteiger partial charge in [0.15, 0.2) is 9.84 Å². The van der Waals surface area contributed by atoms with E-state index in [1.54, 1.807) is 12.1 Å². The van der Waals surface area contributed by atoms with Crippen LogP contribution in [0.2, 0.25) is 0 Å². The summed E-state index contributed by atoms with van der Waals surface area (Å²) in [6.07, 6.45) is 5.28. The number of pyridine rings is 1. The number of aryl methyl sites for hydroxylation is 1. The number of aromatic nitrogens is 1. The van der Waals surface area contributed by atoms with Crippen molar-refractivity contribution in [3.63, 3.8) is 0 Å². The molecule has 3 rings (SSSR count). The highest BCUT2D eigenvalue weighted by Gasteiger charge is 2.18. The van der Waals surface area contributed by atoms with Gasteiger partial charge in [0, 0.05) is 25.7 Å². The van der Waals surface area contributed by atoms with Crippen molar-refractivity contribution in [3.8, 4) is 11.5 Å². The molecule has 1 heterocycles. The molecular formula is C41H55N3O13S. The molecule has 0 unspecified atom stereocenters. The molecule has 17 heteroatoms. The number of unbranched alkanes of at least 4 members (excludes halogenated alkanes) is 2. The quantitative estimate of drug-likeness (QED) is 0.0688. The van der Waals surface area contributed by atoms with E-state index >= 15 is 0 Å². The summed E-state index contributed by atoms with van der Waals surface area (Å²) >= 11 is 0. The molecule has 0 saturated carbocycles. The Morgan fingerprint density at radius 2 is 1.31 bits per heavy atom. The number of hydrogen-bond acceptors (Lipinski definition) is 13. The minimum absolute atomic E-state index is 0.111. The zero-order valence-electron chi connectivity index (χ0n) is 33.4. The monoisotopic (exact) mass is 829 g/mol. The van der Waals surface area contributed by atoms with E-state index in [1.165, 1.54) is 30.5 Å². The van der Waals surface area contributed by atoms with Crippen LogP contribution in [0, 0.1) is 0 Å². The third-order valence-electron chi connectivity index (χ3n) is 7.84. The van der Waals surface area contributed by atoms with Gasteiger partial charge in [-0.15, -0.1) is 0 Å². The second kappa shape index (κ2) is 25.4. The lowest BCUT2D eigenvalue weighted by Crippen LogP contribution is -2.31. The molecule has 1 aromatic heterocycles. The Bertz CT molecular complexity index is 1810. The molecule has 0 spiro atoms. The van der Waals surface area contributed by atoms with E-state index in [1.807, 2.05) is 45.0 Å². The second-order valence-electron chi connectivity index (χ2n) is 14.0. The van der Waals surface area contributed by atoms with Crippen LogP contribution in [0.5, 0.6) is 11.5 Å². The number of nitrogens with zero attached hydrogens (tertiary/aromatic N) is 1. The number of carbonyl (C=O) groups is 4. The molecule has 2 amide bonds. The molecule has 0 fully saturated rings. The summed E-state index contributed by atoms with van der Waals surface area (Å²) in [7, 11) is -3.73. The van der Waals surface area contributed by atoms with Crippen LogP contribution >= 0.6 is 0 Å². The molecule has 0 saturated heterocycles. The van der Waals surface area contributed by atoms with Crippen LogP contribution in [0.3, 0.4) is 0 Å². The van der Waals surface area contributed by atoms with Gasteiger partial charge in [-0.25, -0.2) is 13.2 Å². The van der Waals surface area contributed by atoms with E-state index in [9.17, 15) is 27.6 Å². The molecule has 0 bridgehead atoms. The molecule has 58 heavy (non-hydrogen) atoms. The van der Waals surface area contributed by atoms with Gasteiger partial charge in [-0.1, -0.05) is 18.6 Å². The van der Waals surface area contributed by atoms with Crippen LogP contribution < -0.4 is 15.4 Å². The number of sulfone groups is 1. The van der Waals surface area contributed by atoms with Crippen LogP contribution in [0.4, 0.5) is 0 Å². The highest BCUT2D eigenvalue weighted by molar-refractivity contribution is 7.90. The van der Waals surface area contributed by atoms with Crippen LogP contribution in [0.1, 0.15) is 68.1 Å². The number of hydrogen-bond donors (Lipinski definition) is 3. The smallest absolute Gasteiger partial charge is 0.329 e. The Morgan fingerprint density at radius 3 is 1.91 bits per heavy atom. The Hall–Kier alpha value is -4.94. The molecule has 0 atom stereocenters. The van der Waals surface area contributed by atoms with E-state index in [-0.39, 0.29) is 99.7 Å². The molecule has 318 valence electrons. The second-order valence-corrected chi connectivity index (χ2v) is 16.0. The third-order valence-corrected chi connectivity index (χ3v) is 9.50. The van der Waals surface area contributed by atoms with Gasteiger partial charge in [-0.05, 0) is 94.1 Å². The maximum atomic E-state index is 13.1. The third kappa shape index (κ3) is 20.5. The van der Waals surface area contributed by atoms with E-state index in [4.69, 9.17) is 33.5 Å². The number of carbonyl (C=O) groups excluding carboxylic acids is 3. The van der Waals surface area contributed by atoms with E-state index in [2.05, 4.69) is 15.6 Å². The molecule has 3 N–H and O–H groups in total. The fourth-order valence-electron chi connectivity index (χ4n) is 5.08. The van der Waals surface area contributed by atoms with Crippen molar-refractivity contribution in [1.29, 1.82) is 0 Å². The summed E-state index contributed by atoms with van der Waals surface area (Å²) in [5, 5.41) is 13.8. The first-order valence-electron chi connectivity index (χ1n) is 19.0. The highest BCUT2D eigenvalue weighted by Crippen LogP contribution is 2.25. The first kappa shape index (κ1) is 47.4. The number of carboxylic acids is 1. The number of esters is 1. The lowest BCUT2D eigenvalue weighted by molar-refractivity contribution is -0.155. The standard InChI is InChI=1S/C41H55N3O13S/c1-41(2,3)57-39(48)8-6-4-5-7-31-9-13-34(14-10-31)56-35-15-17-36(18-16-35)58(50,51)30-33-12-11-32(27-44-33)40(49)43-20-22-53-23-25-54-28-37(45)42-19-21-52-24-26-55-29-38(46)47/h9-18,27H,4-8,19-26,28-30H2,1-3H3,(H,42,45)(H,43,49)(H,46,47). The number of carboxylic acid groups (broad SMARTS) is 1. The molecule has 0 aliphatic carbocycles. The molecule has 0 aliphatic rings. The number of benzene rings is 2. The van der Waals surface area contributed by atoms with Gasteiger partial charge in [0.2, 0.25) is 5.91 Å². The fourth-order valence-corrected chi connectivity index (χ4v) is 6.36. The topological polar surface area (TPSA) is 215 Å². The van der Waals surface area contributed by atoms with Gasteiger partial charge in [0.1, 0.15) is 30.3 Å². The first-order valence-corrected chi connectivity index (χ1v) is 20.7. The van der Waals surface area contributed by atoms with Gasteiger partial charge in [0.05, 0.1) is 61.5 Å². The first-order chi connectivity index (χ1) is 27.7. The summed E-state index contributed by atoms with van der Waals surface area (Å²) in [5.74, 6) is -1.19. The van der Waals surface area contributed by atoms with E-state index in [0.717, 1.165) is 31.2 Å². The van der Waals surface area contributed by atoms with Crippen LogP contribution in [0.15, 0.2) is 71.8 Å². The Labute approximate surface area is 339 Å². The lowest BCUT2D eigenvalue weighted by atomic mass is 10.1. The fraction of sp³-hybridized carbons (Fsp3) is 0.488. The van der Waals surface area contributed by atoms with Crippen molar-refractivity contribution in [3.05, 3.63) is 83.7 Å². The van der Waals surface area contributed by atoms with Crippen molar-refractivity contribution in [1.82, 2.24) is 15.6 Å². The molecule has 0 radical (unpaired) electrons. The summed E-state index contributed by atoms with van der Waals surface area (Å²) in [6.45, 7) is 6.69. The van der Waals surface area contributed by atoms with Crippen LogP contribution in [-0.2, 0) is 60.1 Å². The summed E-state index contributed by atoms with van der Waals surface area (Å²) in [6, 6.07) is 16.9. The summed E-state index contributed by atoms with van der Waals surface area (Å²) < 4.78 is 58.2. The number of rotatable bonds is 28. The SMILES string of the molecule is CC(C)(C)OC(=O)CCCCCc1ccc(Oc2ccc(S(=O)(=O)Cc3ccc(C(=O)NCCOCCOCC(=O)NCCOCCOCC(=O)O)cn3)cc2)cc1. The summed E-state index contributed by atoms with van der Waals surface area (Å²) in [5.41, 5.74) is 1.23. The number of amides is 2. The zero-order valence-corrected chi connectivity index (χ0v) is 34.2. The molecule has 16 nitrogen and oxygen atoms in total. The predicted octanol–water partition coefficient (Wildman–Crippen LogP) is 4.29. The lowest BCUT2D eigenvalue weighted by Gasteiger charge is -2.19. The normalized spacial score (nSPS) is 11.5. The molecule has 0 aliphatic heterocycles. The van der Waals surface area contributed by atoms with Gasteiger partial charge < -0.3 is 44.2 Å². The van der Waals surface area contributed by atoms with Crippen molar-refractivity contribution in [2.24, 2.45) is 0 Å². The Kier molecular flexibility index (Phi) is 20.8. The maximum absolute atomic E-state index is 13.1. The number of aliphatic carboxylic acids is 1. The van der Waals surface area contributed by atoms with Crippen LogP contribution in [0.25, 0.3) is 0 Å². The number of nitrogens with one attached hydrogen (secondary N) is 2. The summed E-state index contributed by atoms with van der Waals surface area (Å²) in [4.78, 5) is 50.8. The van der Waals surface area contributed by atoms with Gasteiger partial charge in [-0.3, -0.25) is 19.4 Å². The molecular weight excluding hydrogens is 775 g/mol. The Balaban J connectivity index is 1.27. The molecule has 2 aromatic carbocycles. The largest absolute Gasteiger partial charge is 0.480 e. The minimum atomic E-state index is -3.73. The van der Waals surface area contributed by atoms with Gasteiger partial charge in [0.25, 0.3) is 5.91 Å². The average Bonchev–Trinajstić information content (AvgIpc) is 3.17. The van der Waals surface area contributed by atoms with E-state index in [0.29, 0.717) is 17.9 Å². The number of ether oxygens (including phenoxy) is 6. The van der Waals surface area contributed by atoms with Gasteiger partial charge >= 0.3 is 11.9 Å². The van der Waals surface area contributed by atoms with Crippen molar-refractivity contribution in [2.45, 2.75) is 69.1 Å². The average molecular weight is 830 g/mol. The predicted molar refractivity (Wildman–Crippen MR) is 212 cm³/mol. The van der Waals surface area contributed by atoms with Gasteiger partial charge in [-0.2, -0.15) is 0 Å². The Morgan fingerprint density at radius 1 is 0.707 bits per heavy atom.